The number of aromatic nitrogens is 3. The second-order valence-electron chi connectivity index (χ2n) is 10.7. The zero-order valence-corrected chi connectivity index (χ0v) is 22.4. The van der Waals surface area contributed by atoms with Gasteiger partial charge in [-0.15, -0.1) is 0 Å². The first-order valence-corrected chi connectivity index (χ1v) is 13.8. The Hall–Kier alpha value is -4.12. The fraction of sp³-hybridized carbons (Fsp3) is 0.414. The molecule has 1 fully saturated rings. The van der Waals surface area contributed by atoms with E-state index < -0.39 is 4.92 Å². The van der Waals surface area contributed by atoms with Gasteiger partial charge in [-0.05, 0) is 75.9 Å². The quantitative estimate of drug-likeness (QED) is 0.237. The molecule has 0 radical (unpaired) electrons. The number of likely N-dealkylation sites (tertiary alicyclic amines) is 1. The number of amides is 1. The van der Waals surface area contributed by atoms with Crippen molar-refractivity contribution in [3.63, 3.8) is 0 Å². The number of nitro benzene ring substituents is 1. The molecule has 208 valence electrons. The van der Waals surface area contributed by atoms with E-state index in [4.69, 9.17) is 9.62 Å². The second-order valence-corrected chi connectivity index (χ2v) is 10.7. The van der Waals surface area contributed by atoms with Crippen molar-refractivity contribution in [1.29, 1.82) is 0 Å². The van der Waals surface area contributed by atoms with Gasteiger partial charge in [0.15, 0.2) is 5.58 Å². The summed E-state index contributed by atoms with van der Waals surface area (Å²) in [6.45, 7) is 2.82. The van der Waals surface area contributed by atoms with Crippen LogP contribution in [0.15, 0.2) is 47.0 Å². The Labute approximate surface area is 230 Å². The maximum atomic E-state index is 13.8. The predicted octanol–water partition coefficient (Wildman–Crippen LogP) is 5.01. The predicted molar refractivity (Wildman–Crippen MR) is 147 cm³/mol. The van der Waals surface area contributed by atoms with Crippen LogP contribution in [0.4, 0.5) is 15.9 Å². The summed E-state index contributed by atoms with van der Waals surface area (Å²) in [5.74, 6) is 0.508. The molecule has 1 saturated heterocycles. The van der Waals surface area contributed by atoms with Crippen molar-refractivity contribution >= 4 is 28.4 Å². The van der Waals surface area contributed by atoms with Gasteiger partial charge in [0.25, 0.3) is 11.6 Å². The highest BCUT2D eigenvalue weighted by Gasteiger charge is 2.30. The molecule has 2 aliphatic rings. The third-order valence-corrected chi connectivity index (χ3v) is 8.19. The smallest absolute Gasteiger partial charge is 0.269 e. The van der Waals surface area contributed by atoms with Crippen molar-refractivity contribution in [3.05, 3.63) is 80.9 Å². The van der Waals surface area contributed by atoms with Crippen molar-refractivity contribution < 1.29 is 18.6 Å². The van der Waals surface area contributed by atoms with E-state index in [9.17, 15) is 19.3 Å². The average Bonchev–Trinajstić information content (AvgIpc) is 3.53. The largest absolute Gasteiger partial charge is 0.356 e. The number of piperidine rings is 1. The van der Waals surface area contributed by atoms with Crippen LogP contribution in [0.5, 0.6) is 0 Å². The maximum absolute atomic E-state index is 13.8. The molecule has 0 spiro atoms. The summed E-state index contributed by atoms with van der Waals surface area (Å²) in [6.07, 6.45) is 5.70. The molecule has 10 nitrogen and oxygen atoms in total. The van der Waals surface area contributed by atoms with Crippen LogP contribution in [0, 0.1) is 15.9 Å². The molecule has 0 bridgehead atoms. The average molecular weight is 547 g/mol. The van der Waals surface area contributed by atoms with Gasteiger partial charge in [-0.1, -0.05) is 5.16 Å². The summed E-state index contributed by atoms with van der Waals surface area (Å²) in [7, 11) is 1.88. The number of hydrogen-bond donors (Lipinski definition) is 0. The van der Waals surface area contributed by atoms with Crippen molar-refractivity contribution in [2.75, 3.05) is 31.1 Å². The molecule has 0 atom stereocenters. The van der Waals surface area contributed by atoms with Gasteiger partial charge in [0.05, 0.1) is 16.3 Å². The number of hydrogen-bond acceptors (Lipinski definition) is 7. The monoisotopic (exact) mass is 546 g/mol. The number of nitro groups is 1. The number of rotatable bonds is 7. The molecule has 1 aliphatic carbocycles. The summed E-state index contributed by atoms with van der Waals surface area (Å²) in [5, 5.41) is 21.0. The van der Waals surface area contributed by atoms with Crippen molar-refractivity contribution in [3.8, 4) is 0 Å². The van der Waals surface area contributed by atoms with Gasteiger partial charge < -0.3 is 9.42 Å². The lowest BCUT2D eigenvalue weighted by molar-refractivity contribution is -0.384. The van der Waals surface area contributed by atoms with Gasteiger partial charge in [-0.25, -0.2) is 4.39 Å². The molecular formula is C29H31FN6O4. The zero-order valence-electron chi connectivity index (χ0n) is 22.4. The third kappa shape index (κ3) is 4.97. The van der Waals surface area contributed by atoms with E-state index in [1.165, 1.54) is 36.4 Å². The fourth-order valence-corrected chi connectivity index (χ4v) is 6.08. The van der Waals surface area contributed by atoms with E-state index in [0.717, 1.165) is 79.8 Å². The van der Waals surface area contributed by atoms with Gasteiger partial charge in [-0.3, -0.25) is 24.5 Å². The number of nitrogens with zero attached hydrogens (tertiary/aromatic N) is 6. The van der Waals surface area contributed by atoms with Crippen LogP contribution >= 0.6 is 0 Å². The standard InChI is InChI=1S/C29H31FN6O4/c1-33-28(23-4-2-3-5-25(23)31-33)35(29(37)20-6-9-22(10-7-20)36(38)39)17-16-34-14-12-19(13-15-34)27-24-11-8-21(30)18-26(24)40-32-27/h6-11,18-19H,2-5,12-17H2,1H3. The maximum Gasteiger partial charge on any atom is 0.269 e. The Morgan fingerprint density at radius 1 is 1.15 bits per heavy atom. The number of fused-ring (bicyclic) bond motifs is 2. The molecule has 2 aromatic carbocycles. The Morgan fingerprint density at radius 3 is 2.65 bits per heavy atom. The van der Waals surface area contributed by atoms with E-state index >= 15 is 0 Å². The molecule has 0 N–H and O–H groups in total. The summed E-state index contributed by atoms with van der Waals surface area (Å²) in [4.78, 5) is 28.6. The highest BCUT2D eigenvalue weighted by molar-refractivity contribution is 6.06. The summed E-state index contributed by atoms with van der Waals surface area (Å²) in [6, 6.07) is 10.3. The van der Waals surface area contributed by atoms with Crippen LogP contribution in [0.1, 0.15) is 58.9 Å². The minimum atomic E-state index is -0.465. The van der Waals surface area contributed by atoms with Crippen LogP contribution in [-0.4, -0.2) is 56.8 Å². The number of halogens is 1. The van der Waals surface area contributed by atoms with Crippen LogP contribution in [-0.2, 0) is 19.9 Å². The first-order chi connectivity index (χ1) is 19.4. The van der Waals surface area contributed by atoms with E-state index in [0.29, 0.717) is 24.2 Å². The highest BCUT2D eigenvalue weighted by atomic mass is 19.1. The minimum absolute atomic E-state index is 0.0473. The third-order valence-electron chi connectivity index (χ3n) is 8.19. The van der Waals surface area contributed by atoms with E-state index in [1.54, 1.807) is 11.0 Å². The van der Waals surface area contributed by atoms with Gasteiger partial charge in [0.2, 0.25) is 0 Å². The SMILES string of the molecule is Cn1nc2c(c1N(CCN1CCC(c3noc4cc(F)ccc34)CC1)C(=O)c1ccc([N+](=O)[O-])cc1)CCCC2. The van der Waals surface area contributed by atoms with E-state index in [-0.39, 0.29) is 23.3 Å². The molecule has 40 heavy (non-hydrogen) atoms. The first kappa shape index (κ1) is 26.1. The zero-order chi connectivity index (χ0) is 27.8. The molecule has 1 amide bonds. The molecule has 4 aromatic rings. The Kier molecular flexibility index (Phi) is 7.05. The number of non-ortho nitro benzene ring substituents is 1. The van der Waals surface area contributed by atoms with Gasteiger partial charge in [0.1, 0.15) is 11.6 Å². The molecule has 11 heteroatoms. The number of carbonyl (C=O) groups is 1. The second kappa shape index (κ2) is 10.8. The normalized spacial score (nSPS) is 16.2. The molecule has 3 heterocycles. The van der Waals surface area contributed by atoms with Crippen molar-refractivity contribution in [1.82, 2.24) is 19.8 Å². The van der Waals surface area contributed by atoms with Gasteiger partial charge >= 0.3 is 0 Å². The van der Waals surface area contributed by atoms with Crippen molar-refractivity contribution in [2.45, 2.75) is 44.4 Å². The van der Waals surface area contributed by atoms with Crippen LogP contribution in [0.3, 0.4) is 0 Å². The van der Waals surface area contributed by atoms with Crippen LogP contribution in [0.2, 0.25) is 0 Å². The molecule has 1 aliphatic heterocycles. The Balaban J connectivity index is 1.19. The lowest BCUT2D eigenvalue weighted by atomic mass is 9.91. The molecule has 0 saturated carbocycles. The molecule has 2 aromatic heterocycles. The molecular weight excluding hydrogens is 515 g/mol. The van der Waals surface area contributed by atoms with Crippen LogP contribution < -0.4 is 4.90 Å². The van der Waals surface area contributed by atoms with E-state index in [1.807, 2.05) is 11.7 Å². The number of carbonyl (C=O) groups excluding carboxylic acids is 1. The van der Waals surface area contributed by atoms with Gasteiger partial charge in [-0.2, -0.15) is 5.10 Å². The first-order valence-electron chi connectivity index (χ1n) is 13.8. The van der Waals surface area contributed by atoms with Crippen molar-refractivity contribution in [2.24, 2.45) is 7.05 Å². The van der Waals surface area contributed by atoms with Crippen LogP contribution in [0.25, 0.3) is 11.0 Å². The fourth-order valence-electron chi connectivity index (χ4n) is 6.08. The van der Waals surface area contributed by atoms with Gasteiger partial charge in [0, 0.05) is 60.8 Å². The highest BCUT2D eigenvalue weighted by Crippen LogP contribution is 2.34. The lowest BCUT2D eigenvalue weighted by Gasteiger charge is -2.33. The topological polar surface area (TPSA) is 111 Å². The van der Waals surface area contributed by atoms with E-state index in [2.05, 4.69) is 10.1 Å². The summed E-state index contributed by atoms with van der Waals surface area (Å²) in [5.41, 5.74) is 3.88. The minimum Gasteiger partial charge on any atom is -0.356 e. The summed E-state index contributed by atoms with van der Waals surface area (Å²) < 4.78 is 20.8. The Morgan fingerprint density at radius 2 is 1.90 bits per heavy atom. The molecule has 0 unspecified atom stereocenters. The summed E-state index contributed by atoms with van der Waals surface area (Å²) >= 11 is 0. The molecule has 6 rings (SSSR count). The number of aryl methyl sites for hydroxylation is 2. The number of anilines is 1. The lowest BCUT2D eigenvalue weighted by Crippen LogP contribution is -2.42. The Bertz CT molecular complexity index is 1550. The number of benzene rings is 2.